The van der Waals surface area contributed by atoms with E-state index in [-0.39, 0.29) is 0 Å². The van der Waals surface area contributed by atoms with Crippen LogP contribution in [0.15, 0.2) is 18.2 Å². The van der Waals surface area contributed by atoms with Gasteiger partial charge in [-0.15, -0.1) is 0 Å². The number of nitrogens with zero attached hydrogens (tertiary/aromatic N) is 1. The van der Waals surface area contributed by atoms with Crippen molar-refractivity contribution in [2.45, 2.75) is 64.1 Å². The van der Waals surface area contributed by atoms with E-state index in [2.05, 4.69) is 56.4 Å². The Hall–Kier alpha value is -0.860. The summed E-state index contributed by atoms with van der Waals surface area (Å²) < 4.78 is 0. The summed E-state index contributed by atoms with van der Waals surface area (Å²) in [5.41, 5.74) is 4.28. The number of hydrogen-bond acceptors (Lipinski definition) is 2. The summed E-state index contributed by atoms with van der Waals surface area (Å²) in [6.45, 7) is 4.42. The van der Waals surface area contributed by atoms with E-state index in [0.717, 1.165) is 18.0 Å². The molecule has 0 aromatic heterocycles. The number of fused-ring (bicyclic) bond motifs is 2. The molecule has 0 amide bonds. The lowest BCUT2D eigenvalue weighted by molar-refractivity contribution is 0.114. The van der Waals surface area contributed by atoms with Gasteiger partial charge >= 0.3 is 0 Å². The SMILES string of the molecule is CNC(Cc1cc(C)cc(C)c1)C1CC2CCC(C1)N2C. The number of hydrogen-bond donors (Lipinski definition) is 1. The Morgan fingerprint density at radius 1 is 1.10 bits per heavy atom. The largest absolute Gasteiger partial charge is 0.316 e. The fourth-order valence-corrected chi connectivity index (χ4v) is 4.73. The number of rotatable bonds is 4. The van der Waals surface area contributed by atoms with Crippen molar-refractivity contribution in [1.82, 2.24) is 10.2 Å². The highest BCUT2D eigenvalue weighted by atomic mass is 15.2. The van der Waals surface area contributed by atoms with Crippen LogP contribution in [0.4, 0.5) is 0 Å². The molecule has 0 aliphatic carbocycles. The summed E-state index contributed by atoms with van der Waals surface area (Å²) in [6.07, 6.45) is 6.76. The Balaban J connectivity index is 1.71. The molecule has 2 saturated heterocycles. The van der Waals surface area contributed by atoms with Crippen LogP contribution in [-0.4, -0.2) is 37.1 Å². The summed E-state index contributed by atoms with van der Waals surface area (Å²) in [5, 5.41) is 3.62. The number of piperidine rings is 1. The zero-order valence-electron chi connectivity index (χ0n) is 14.0. The fraction of sp³-hybridized carbons (Fsp3) is 0.684. The zero-order chi connectivity index (χ0) is 15.0. The average Bonchev–Trinajstić information content (AvgIpc) is 2.65. The Bertz CT molecular complexity index is 462. The van der Waals surface area contributed by atoms with Crippen molar-refractivity contribution in [1.29, 1.82) is 0 Å². The standard InChI is InChI=1S/C19H30N2/c1-13-7-14(2)9-15(8-13)10-19(20-3)16-11-17-5-6-18(12-16)21(17)4/h7-9,16-20H,5-6,10-12H2,1-4H3. The van der Waals surface area contributed by atoms with E-state index in [1.165, 1.54) is 48.8 Å². The first kappa shape index (κ1) is 15.1. The third kappa shape index (κ3) is 3.17. The molecule has 1 aromatic rings. The van der Waals surface area contributed by atoms with E-state index in [9.17, 15) is 0 Å². The summed E-state index contributed by atoms with van der Waals surface area (Å²) in [7, 11) is 4.48. The second-order valence-electron chi connectivity index (χ2n) is 7.38. The maximum atomic E-state index is 3.62. The van der Waals surface area contributed by atoms with Gasteiger partial charge < -0.3 is 10.2 Å². The third-order valence-electron chi connectivity index (χ3n) is 5.81. The molecule has 2 heterocycles. The number of likely N-dealkylation sites (N-methyl/N-ethyl adjacent to an activating group) is 1. The predicted octanol–water partition coefficient (Wildman–Crippen LogP) is 3.31. The second kappa shape index (κ2) is 6.10. The highest BCUT2D eigenvalue weighted by Crippen LogP contribution is 2.39. The Labute approximate surface area is 129 Å². The van der Waals surface area contributed by atoms with Gasteiger partial charge in [0.25, 0.3) is 0 Å². The molecule has 3 atom stereocenters. The molecular formula is C19H30N2. The zero-order valence-corrected chi connectivity index (χ0v) is 14.0. The molecule has 2 aliphatic rings. The molecule has 0 radical (unpaired) electrons. The first-order valence-corrected chi connectivity index (χ1v) is 8.53. The van der Waals surface area contributed by atoms with Crippen LogP contribution in [-0.2, 0) is 6.42 Å². The molecule has 3 rings (SSSR count). The average molecular weight is 286 g/mol. The van der Waals surface area contributed by atoms with Crippen LogP contribution in [0.5, 0.6) is 0 Å². The first-order chi connectivity index (χ1) is 10.1. The highest BCUT2D eigenvalue weighted by Gasteiger charge is 2.40. The smallest absolute Gasteiger partial charge is 0.0134 e. The van der Waals surface area contributed by atoms with Gasteiger partial charge in [0.15, 0.2) is 0 Å². The highest BCUT2D eigenvalue weighted by molar-refractivity contribution is 5.29. The van der Waals surface area contributed by atoms with Gasteiger partial charge in [-0.1, -0.05) is 29.3 Å². The lowest BCUT2D eigenvalue weighted by Crippen LogP contribution is -2.47. The molecule has 2 fully saturated rings. The molecule has 1 aromatic carbocycles. The van der Waals surface area contributed by atoms with Crippen molar-refractivity contribution in [2.24, 2.45) is 5.92 Å². The molecule has 1 N–H and O–H groups in total. The Kier molecular flexibility index (Phi) is 4.37. The predicted molar refractivity (Wildman–Crippen MR) is 89.8 cm³/mol. The summed E-state index contributed by atoms with van der Waals surface area (Å²) in [6, 6.07) is 9.30. The van der Waals surface area contributed by atoms with Crippen molar-refractivity contribution in [3.63, 3.8) is 0 Å². The van der Waals surface area contributed by atoms with Crippen LogP contribution in [0.2, 0.25) is 0 Å². The van der Waals surface area contributed by atoms with E-state index < -0.39 is 0 Å². The lowest BCUT2D eigenvalue weighted by Gasteiger charge is -2.40. The molecule has 2 bridgehead atoms. The quantitative estimate of drug-likeness (QED) is 0.913. The monoisotopic (exact) mass is 286 g/mol. The molecular weight excluding hydrogens is 256 g/mol. The van der Waals surface area contributed by atoms with Crippen LogP contribution in [0.3, 0.4) is 0 Å². The van der Waals surface area contributed by atoms with Crippen LogP contribution in [0.1, 0.15) is 42.4 Å². The topological polar surface area (TPSA) is 15.3 Å². The van der Waals surface area contributed by atoms with Crippen molar-refractivity contribution < 1.29 is 0 Å². The van der Waals surface area contributed by atoms with Crippen molar-refractivity contribution in [3.05, 3.63) is 34.9 Å². The van der Waals surface area contributed by atoms with Gasteiger partial charge in [0.05, 0.1) is 0 Å². The molecule has 0 spiro atoms. The summed E-state index contributed by atoms with van der Waals surface area (Å²) in [4.78, 5) is 2.64. The van der Waals surface area contributed by atoms with Gasteiger partial charge in [-0.05, 0) is 71.5 Å². The van der Waals surface area contributed by atoms with Gasteiger partial charge in [-0.3, -0.25) is 0 Å². The molecule has 116 valence electrons. The van der Waals surface area contributed by atoms with Crippen LogP contribution in [0.25, 0.3) is 0 Å². The van der Waals surface area contributed by atoms with Crippen molar-refractivity contribution >= 4 is 0 Å². The number of aryl methyl sites for hydroxylation is 2. The van der Waals surface area contributed by atoms with Crippen LogP contribution >= 0.6 is 0 Å². The molecule has 2 nitrogen and oxygen atoms in total. The maximum Gasteiger partial charge on any atom is 0.0134 e. The van der Waals surface area contributed by atoms with E-state index in [0.29, 0.717) is 6.04 Å². The van der Waals surface area contributed by atoms with E-state index in [4.69, 9.17) is 0 Å². The second-order valence-corrected chi connectivity index (χ2v) is 7.38. The lowest BCUT2D eigenvalue weighted by atomic mass is 9.82. The van der Waals surface area contributed by atoms with Gasteiger partial charge in [-0.25, -0.2) is 0 Å². The minimum absolute atomic E-state index is 0.628. The van der Waals surface area contributed by atoms with Crippen molar-refractivity contribution in [2.75, 3.05) is 14.1 Å². The summed E-state index contributed by atoms with van der Waals surface area (Å²) in [5.74, 6) is 0.838. The molecule has 0 saturated carbocycles. The van der Waals surface area contributed by atoms with Gasteiger partial charge in [0.1, 0.15) is 0 Å². The van der Waals surface area contributed by atoms with Gasteiger partial charge in [0, 0.05) is 18.1 Å². The van der Waals surface area contributed by atoms with E-state index in [1.54, 1.807) is 0 Å². The minimum atomic E-state index is 0.628. The number of nitrogens with one attached hydrogen (secondary N) is 1. The normalized spacial score (nSPS) is 30.6. The van der Waals surface area contributed by atoms with Gasteiger partial charge in [0.2, 0.25) is 0 Å². The molecule has 21 heavy (non-hydrogen) atoms. The summed E-state index contributed by atoms with van der Waals surface area (Å²) >= 11 is 0. The maximum absolute atomic E-state index is 3.62. The Morgan fingerprint density at radius 2 is 1.67 bits per heavy atom. The van der Waals surface area contributed by atoms with E-state index in [1.807, 2.05) is 0 Å². The van der Waals surface area contributed by atoms with Crippen LogP contribution in [0, 0.1) is 19.8 Å². The van der Waals surface area contributed by atoms with Crippen molar-refractivity contribution in [3.8, 4) is 0 Å². The first-order valence-electron chi connectivity index (χ1n) is 8.53. The van der Waals surface area contributed by atoms with Gasteiger partial charge in [-0.2, -0.15) is 0 Å². The number of benzene rings is 1. The Morgan fingerprint density at radius 3 is 2.19 bits per heavy atom. The fourth-order valence-electron chi connectivity index (χ4n) is 4.73. The molecule has 2 aliphatic heterocycles. The molecule has 3 unspecified atom stereocenters. The minimum Gasteiger partial charge on any atom is -0.316 e. The van der Waals surface area contributed by atoms with E-state index >= 15 is 0 Å². The third-order valence-corrected chi connectivity index (χ3v) is 5.81. The van der Waals surface area contributed by atoms with Crippen LogP contribution < -0.4 is 5.32 Å². The molecule has 2 heteroatoms.